The Morgan fingerprint density at radius 2 is 1.74 bits per heavy atom. The lowest BCUT2D eigenvalue weighted by atomic mass is 9.71. The van der Waals surface area contributed by atoms with Crippen molar-refractivity contribution in [2.24, 2.45) is 0 Å². The maximum Gasteiger partial charge on any atom is 0.169 e. The number of Topliss-reactive ketones (excluding diaryl/α,β-unsaturated/α-hetero) is 1. The van der Waals surface area contributed by atoms with Crippen molar-refractivity contribution in [2.75, 3.05) is 5.32 Å². The average molecular weight is 478 g/mol. The van der Waals surface area contributed by atoms with E-state index in [-0.39, 0.29) is 22.8 Å². The summed E-state index contributed by atoms with van der Waals surface area (Å²) in [5.41, 5.74) is 3.61. The van der Waals surface area contributed by atoms with Gasteiger partial charge in [0.2, 0.25) is 0 Å². The van der Waals surface area contributed by atoms with Crippen molar-refractivity contribution in [1.29, 1.82) is 0 Å². The van der Waals surface area contributed by atoms with Crippen LogP contribution < -0.4 is 5.32 Å². The van der Waals surface area contributed by atoms with Gasteiger partial charge in [-0.25, -0.2) is 4.68 Å². The fraction of sp³-hybridized carbons (Fsp3) is 0.448. The molecule has 1 atom stereocenters. The minimum atomic E-state index is -0.232. The SMILES string of the molecule is CCc1nn2c(c1C(=O)CC(CC)(CC)c1ccc(Cl)cc1)NC(c1ccccc1)CC2(C)C. The number of carbonyl (C=O) groups is 1. The van der Waals surface area contributed by atoms with Gasteiger partial charge in [-0.15, -0.1) is 0 Å². The maximum absolute atomic E-state index is 14.1. The van der Waals surface area contributed by atoms with Gasteiger partial charge in [0.05, 0.1) is 22.8 Å². The Morgan fingerprint density at radius 1 is 1.09 bits per heavy atom. The number of nitrogens with zero attached hydrogens (tertiary/aromatic N) is 2. The Morgan fingerprint density at radius 3 is 2.32 bits per heavy atom. The molecule has 0 radical (unpaired) electrons. The lowest BCUT2D eigenvalue weighted by Gasteiger charge is -2.38. The van der Waals surface area contributed by atoms with Crippen LogP contribution in [0.5, 0.6) is 0 Å². The van der Waals surface area contributed by atoms with E-state index in [2.05, 4.69) is 81.0 Å². The summed E-state index contributed by atoms with van der Waals surface area (Å²) in [6, 6.07) is 18.6. The van der Waals surface area contributed by atoms with Crippen molar-refractivity contribution in [3.05, 3.63) is 82.0 Å². The molecule has 1 unspecified atom stereocenters. The number of hydrogen-bond acceptors (Lipinski definition) is 3. The summed E-state index contributed by atoms with van der Waals surface area (Å²) in [6.45, 7) is 10.9. The lowest BCUT2D eigenvalue weighted by Crippen LogP contribution is -2.38. The van der Waals surface area contributed by atoms with Gasteiger partial charge >= 0.3 is 0 Å². The van der Waals surface area contributed by atoms with Crippen LogP contribution in [0.1, 0.15) is 93.5 Å². The zero-order valence-electron chi connectivity index (χ0n) is 21.0. The van der Waals surface area contributed by atoms with Crippen molar-refractivity contribution in [3.8, 4) is 0 Å². The number of anilines is 1. The molecule has 1 aromatic heterocycles. The first-order chi connectivity index (χ1) is 16.2. The number of rotatable bonds is 8. The first kappa shape index (κ1) is 24.5. The van der Waals surface area contributed by atoms with E-state index in [0.29, 0.717) is 11.4 Å². The van der Waals surface area contributed by atoms with E-state index < -0.39 is 0 Å². The van der Waals surface area contributed by atoms with Crippen LogP contribution in [0.4, 0.5) is 5.82 Å². The van der Waals surface area contributed by atoms with Gasteiger partial charge in [0.15, 0.2) is 5.78 Å². The minimum absolute atomic E-state index is 0.134. The van der Waals surface area contributed by atoms with Gasteiger partial charge in [0.1, 0.15) is 5.82 Å². The Hall–Kier alpha value is -2.59. The van der Waals surface area contributed by atoms with Crippen LogP contribution in [-0.4, -0.2) is 15.6 Å². The number of ketones is 1. The molecule has 0 bridgehead atoms. The minimum Gasteiger partial charge on any atom is -0.363 e. The van der Waals surface area contributed by atoms with E-state index in [1.165, 1.54) is 11.1 Å². The number of benzene rings is 2. The van der Waals surface area contributed by atoms with Crippen molar-refractivity contribution in [1.82, 2.24) is 9.78 Å². The summed E-state index contributed by atoms with van der Waals surface area (Å²) < 4.78 is 2.06. The van der Waals surface area contributed by atoms with Crippen molar-refractivity contribution >= 4 is 23.2 Å². The van der Waals surface area contributed by atoms with E-state index in [1.54, 1.807) is 0 Å². The van der Waals surface area contributed by atoms with Crippen LogP contribution in [0, 0.1) is 0 Å². The first-order valence-electron chi connectivity index (χ1n) is 12.5. The quantitative estimate of drug-likeness (QED) is 0.338. The Labute approximate surface area is 208 Å². The molecule has 34 heavy (non-hydrogen) atoms. The number of halogens is 1. The van der Waals surface area contributed by atoms with E-state index in [0.717, 1.165) is 42.8 Å². The molecule has 4 rings (SSSR count). The predicted molar refractivity (Wildman–Crippen MR) is 141 cm³/mol. The molecule has 1 aliphatic rings. The largest absolute Gasteiger partial charge is 0.363 e. The van der Waals surface area contributed by atoms with Crippen LogP contribution in [0.3, 0.4) is 0 Å². The molecule has 2 heterocycles. The molecule has 0 saturated heterocycles. The predicted octanol–water partition coefficient (Wildman–Crippen LogP) is 7.72. The second-order valence-corrected chi connectivity index (χ2v) is 10.6. The molecule has 1 N–H and O–H groups in total. The summed E-state index contributed by atoms with van der Waals surface area (Å²) in [7, 11) is 0. The van der Waals surface area contributed by atoms with E-state index in [1.807, 2.05) is 18.2 Å². The Balaban J connectivity index is 1.75. The highest BCUT2D eigenvalue weighted by atomic mass is 35.5. The molecule has 0 amide bonds. The number of hydrogen-bond donors (Lipinski definition) is 1. The zero-order chi connectivity index (χ0) is 24.5. The molecule has 0 fully saturated rings. The fourth-order valence-electron chi connectivity index (χ4n) is 5.47. The molecule has 5 heteroatoms. The van der Waals surface area contributed by atoms with Gasteiger partial charge in [-0.1, -0.05) is 74.8 Å². The number of fused-ring (bicyclic) bond motifs is 1. The molecule has 180 valence electrons. The zero-order valence-corrected chi connectivity index (χ0v) is 21.7. The van der Waals surface area contributed by atoms with E-state index in [9.17, 15) is 4.79 Å². The summed E-state index contributed by atoms with van der Waals surface area (Å²) in [5.74, 6) is 1.03. The van der Waals surface area contributed by atoms with Gasteiger partial charge < -0.3 is 5.32 Å². The number of aromatic nitrogens is 2. The normalized spacial score (nSPS) is 17.2. The van der Waals surface area contributed by atoms with Gasteiger partial charge in [0.25, 0.3) is 0 Å². The topological polar surface area (TPSA) is 46.9 Å². The Kier molecular flexibility index (Phi) is 6.91. The molecule has 3 aromatic rings. The molecule has 0 spiro atoms. The van der Waals surface area contributed by atoms with Crippen LogP contribution >= 0.6 is 11.6 Å². The molecule has 2 aromatic carbocycles. The molecular formula is C29H36ClN3O. The third-order valence-electron chi connectivity index (χ3n) is 7.67. The summed E-state index contributed by atoms with van der Waals surface area (Å²) in [5, 5.41) is 9.37. The molecular weight excluding hydrogens is 442 g/mol. The van der Waals surface area contributed by atoms with Crippen LogP contribution in [0.2, 0.25) is 5.02 Å². The summed E-state index contributed by atoms with van der Waals surface area (Å²) >= 11 is 6.16. The number of carbonyl (C=O) groups excluding carboxylic acids is 1. The number of nitrogens with one attached hydrogen (secondary N) is 1. The van der Waals surface area contributed by atoms with Gasteiger partial charge in [-0.2, -0.15) is 5.10 Å². The second-order valence-electron chi connectivity index (χ2n) is 10.2. The summed E-state index contributed by atoms with van der Waals surface area (Å²) in [4.78, 5) is 14.1. The molecule has 0 aliphatic carbocycles. The van der Waals surface area contributed by atoms with Crippen molar-refractivity contribution < 1.29 is 4.79 Å². The molecule has 0 saturated carbocycles. The fourth-order valence-corrected chi connectivity index (χ4v) is 5.60. The molecule has 4 nitrogen and oxygen atoms in total. The van der Waals surface area contributed by atoms with Gasteiger partial charge in [-0.05, 0) is 62.8 Å². The Bertz CT molecular complexity index is 1140. The van der Waals surface area contributed by atoms with Gasteiger partial charge in [0, 0.05) is 16.9 Å². The third kappa shape index (κ3) is 4.40. The second kappa shape index (κ2) is 9.58. The smallest absolute Gasteiger partial charge is 0.169 e. The highest BCUT2D eigenvalue weighted by Crippen LogP contribution is 2.43. The van der Waals surface area contributed by atoms with Crippen molar-refractivity contribution in [3.63, 3.8) is 0 Å². The average Bonchev–Trinajstić information content (AvgIpc) is 3.23. The third-order valence-corrected chi connectivity index (χ3v) is 7.92. The van der Waals surface area contributed by atoms with Crippen molar-refractivity contribution in [2.45, 2.75) is 83.7 Å². The summed E-state index contributed by atoms with van der Waals surface area (Å²) in [6.07, 6.45) is 3.84. The number of aryl methyl sites for hydroxylation is 1. The van der Waals surface area contributed by atoms with Crippen LogP contribution in [0.25, 0.3) is 0 Å². The first-order valence-corrected chi connectivity index (χ1v) is 12.9. The highest BCUT2D eigenvalue weighted by molar-refractivity contribution is 6.30. The van der Waals surface area contributed by atoms with Crippen LogP contribution in [-0.2, 0) is 17.4 Å². The van der Waals surface area contributed by atoms with Crippen LogP contribution in [0.15, 0.2) is 54.6 Å². The van der Waals surface area contributed by atoms with E-state index in [4.69, 9.17) is 16.7 Å². The molecule has 1 aliphatic heterocycles. The van der Waals surface area contributed by atoms with Gasteiger partial charge in [-0.3, -0.25) is 4.79 Å². The van der Waals surface area contributed by atoms with E-state index >= 15 is 0 Å². The standard InChI is InChI=1S/C29H36ClN3O/c1-6-23-26(25(34)19-29(7-2,8-3)21-14-16-22(30)17-15-21)27-31-24(20-12-10-9-11-13-20)18-28(4,5)33(27)32-23/h9-17,24,31H,6-8,18-19H2,1-5H3. The monoisotopic (exact) mass is 477 g/mol. The maximum atomic E-state index is 14.1. The lowest BCUT2D eigenvalue weighted by molar-refractivity contribution is 0.0943. The highest BCUT2D eigenvalue weighted by Gasteiger charge is 2.40.